The summed E-state index contributed by atoms with van der Waals surface area (Å²) in [6.07, 6.45) is -1.35. The minimum absolute atomic E-state index is 0.371. The molecule has 2 rings (SSSR count). The molecule has 2 aromatic carbocycles. The Hall–Kier alpha value is -2.46. The fourth-order valence-electron chi connectivity index (χ4n) is 1.63. The summed E-state index contributed by atoms with van der Waals surface area (Å²) in [5.74, 6) is -1.26. The van der Waals surface area contributed by atoms with Crippen molar-refractivity contribution < 1.29 is 14.7 Å². The number of aliphatic hydroxyl groups is 1. The summed E-state index contributed by atoms with van der Waals surface area (Å²) in [5, 5.41) is 12.0. The van der Waals surface area contributed by atoms with Gasteiger partial charge in [-0.2, -0.15) is 0 Å². The Kier molecular flexibility index (Phi) is 4.05. The average molecular weight is 255 g/mol. The van der Waals surface area contributed by atoms with Crippen molar-refractivity contribution in [1.82, 2.24) is 5.32 Å². The van der Waals surface area contributed by atoms with Crippen LogP contribution < -0.4 is 5.32 Å². The van der Waals surface area contributed by atoms with E-state index in [4.69, 9.17) is 0 Å². The van der Waals surface area contributed by atoms with Gasteiger partial charge in [0.25, 0.3) is 11.8 Å². The molecule has 2 N–H and O–H groups in total. The Balaban J connectivity index is 2.04. The van der Waals surface area contributed by atoms with Crippen LogP contribution in [0.25, 0.3) is 0 Å². The van der Waals surface area contributed by atoms with Crippen LogP contribution in [0.15, 0.2) is 60.7 Å². The molecule has 0 aliphatic heterocycles. The van der Waals surface area contributed by atoms with Gasteiger partial charge in [-0.1, -0.05) is 48.5 Å². The van der Waals surface area contributed by atoms with E-state index in [0.717, 1.165) is 0 Å². The molecule has 96 valence electrons. The Morgan fingerprint density at radius 2 is 1.42 bits per heavy atom. The number of benzene rings is 2. The van der Waals surface area contributed by atoms with Crippen molar-refractivity contribution in [1.29, 1.82) is 0 Å². The minimum Gasteiger partial charge on any atom is -0.378 e. The van der Waals surface area contributed by atoms with Gasteiger partial charge < -0.3 is 5.11 Å². The standard InChI is InChI=1S/C15H13NO3/c17-13(11-7-3-1-4-8-11)15(19)16-14(18)12-9-5-2-6-10-12/h1-10,13,17H,(H,16,18,19). The van der Waals surface area contributed by atoms with Crippen molar-refractivity contribution in [2.24, 2.45) is 0 Å². The SMILES string of the molecule is O=C(NC(=O)C(O)c1ccccc1)c1ccccc1. The lowest BCUT2D eigenvalue weighted by molar-refractivity contribution is -0.128. The first-order valence-electron chi connectivity index (χ1n) is 5.82. The largest absolute Gasteiger partial charge is 0.378 e. The quantitative estimate of drug-likeness (QED) is 0.876. The maximum Gasteiger partial charge on any atom is 0.260 e. The van der Waals surface area contributed by atoms with Crippen LogP contribution in [-0.4, -0.2) is 16.9 Å². The van der Waals surface area contributed by atoms with Crippen molar-refractivity contribution in [3.05, 3.63) is 71.8 Å². The van der Waals surface area contributed by atoms with Crippen LogP contribution in [0, 0.1) is 0 Å². The third-order valence-electron chi connectivity index (χ3n) is 2.64. The molecular weight excluding hydrogens is 242 g/mol. The molecule has 0 aliphatic carbocycles. The molecule has 0 heterocycles. The first kappa shape index (κ1) is 13.0. The zero-order valence-electron chi connectivity index (χ0n) is 10.1. The van der Waals surface area contributed by atoms with Gasteiger partial charge in [0.1, 0.15) is 0 Å². The number of hydrogen-bond donors (Lipinski definition) is 2. The molecule has 1 atom stereocenters. The van der Waals surface area contributed by atoms with Crippen LogP contribution in [0.4, 0.5) is 0 Å². The first-order valence-corrected chi connectivity index (χ1v) is 5.82. The number of aliphatic hydroxyl groups excluding tert-OH is 1. The lowest BCUT2D eigenvalue weighted by Gasteiger charge is -2.10. The molecular formula is C15H13NO3. The summed E-state index contributed by atoms with van der Waals surface area (Å²) < 4.78 is 0. The van der Waals surface area contributed by atoms with E-state index in [1.807, 2.05) is 0 Å². The Bertz CT molecular complexity index is 566. The number of carbonyl (C=O) groups excluding carboxylic acids is 2. The molecule has 0 bridgehead atoms. The molecule has 4 nitrogen and oxygen atoms in total. The second-order valence-electron chi connectivity index (χ2n) is 4.00. The third kappa shape index (κ3) is 3.26. The van der Waals surface area contributed by atoms with Gasteiger partial charge in [0.05, 0.1) is 0 Å². The summed E-state index contributed by atoms with van der Waals surface area (Å²) in [5.41, 5.74) is 0.817. The highest BCUT2D eigenvalue weighted by molar-refractivity contribution is 6.05. The number of imide groups is 1. The molecule has 0 aliphatic rings. The summed E-state index contributed by atoms with van der Waals surface area (Å²) in [7, 11) is 0. The van der Waals surface area contributed by atoms with Gasteiger partial charge in [-0.05, 0) is 17.7 Å². The first-order chi connectivity index (χ1) is 9.18. The maximum atomic E-state index is 11.7. The van der Waals surface area contributed by atoms with E-state index in [-0.39, 0.29) is 0 Å². The van der Waals surface area contributed by atoms with Crippen molar-refractivity contribution >= 4 is 11.8 Å². The Morgan fingerprint density at radius 3 is 2.00 bits per heavy atom. The summed E-state index contributed by atoms with van der Waals surface area (Å²) in [6, 6.07) is 16.8. The number of rotatable bonds is 3. The van der Waals surface area contributed by atoms with Crippen LogP contribution in [0.5, 0.6) is 0 Å². The third-order valence-corrected chi connectivity index (χ3v) is 2.64. The van der Waals surface area contributed by atoms with Gasteiger partial charge in [0.2, 0.25) is 0 Å². The van der Waals surface area contributed by atoms with E-state index in [1.54, 1.807) is 60.7 Å². The smallest absolute Gasteiger partial charge is 0.260 e. The molecule has 0 spiro atoms. The fourth-order valence-corrected chi connectivity index (χ4v) is 1.63. The molecule has 19 heavy (non-hydrogen) atoms. The second kappa shape index (κ2) is 5.93. The van der Waals surface area contributed by atoms with Gasteiger partial charge >= 0.3 is 0 Å². The van der Waals surface area contributed by atoms with Crippen molar-refractivity contribution in [2.45, 2.75) is 6.10 Å². The van der Waals surface area contributed by atoms with Gasteiger partial charge in [-0.15, -0.1) is 0 Å². The zero-order valence-corrected chi connectivity index (χ0v) is 10.1. The monoisotopic (exact) mass is 255 g/mol. The zero-order chi connectivity index (χ0) is 13.7. The van der Waals surface area contributed by atoms with Gasteiger partial charge in [0.15, 0.2) is 6.10 Å². The second-order valence-corrected chi connectivity index (χ2v) is 4.00. The van der Waals surface area contributed by atoms with Crippen molar-refractivity contribution in [3.63, 3.8) is 0 Å². The molecule has 2 aromatic rings. The fraction of sp³-hybridized carbons (Fsp3) is 0.0667. The van der Waals surface area contributed by atoms with E-state index < -0.39 is 17.9 Å². The summed E-state index contributed by atoms with van der Waals surface area (Å²) in [4.78, 5) is 23.5. The number of nitrogens with one attached hydrogen (secondary N) is 1. The molecule has 0 aromatic heterocycles. The van der Waals surface area contributed by atoms with E-state index in [0.29, 0.717) is 11.1 Å². The summed E-state index contributed by atoms with van der Waals surface area (Å²) >= 11 is 0. The van der Waals surface area contributed by atoms with Gasteiger partial charge in [-0.25, -0.2) is 0 Å². The predicted octanol–water partition coefficient (Wildman–Crippen LogP) is 1.68. The van der Waals surface area contributed by atoms with E-state index in [2.05, 4.69) is 5.32 Å². The van der Waals surface area contributed by atoms with E-state index in [1.165, 1.54) is 0 Å². The molecule has 2 amide bonds. The Morgan fingerprint density at radius 1 is 0.895 bits per heavy atom. The highest BCUT2D eigenvalue weighted by atomic mass is 16.3. The molecule has 4 heteroatoms. The van der Waals surface area contributed by atoms with Gasteiger partial charge in [-0.3, -0.25) is 14.9 Å². The van der Waals surface area contributed by atoms with Crippen LogP contribution in [0.1, 0.15) is 22.0 Å². The molecule has 0 fully saturated rings. The van der Waals surface area contributed by atoms with Crippen LogP contribution >= 0.6 is 0 Å². The maximum absolute atomic E-state index is 11.7. The normalized spacial score (nSPS) is 11.6. The van der Waals surface area contributed by atoms with Crippen molar-refractivity contribution in [2.75, 3.05) is 0 Å². The van der Waals surface area contributed by atoms with Crippen molar-refractivity contribution in [3.8, 4) is 0 Å². The molecule has 1 unspecified atom stereocenters. The number of hydrogen-bond acceptors (Lipinski definition) is 3. The van der Waals surface area contributed by atoms with Crippen LogP contribution in [-0.2, 0) is 4.79 Å². The molecule has 0 saturated heterocycles. The molecule has 0 radical (unpaired) electrons. The Labute approximate surface area is 110 Å². The van der Waals surface area contributed by atoms with Crippen LogP contribution in [0.3, 0.4) is 0 Å². The lowest BCUT2D eigenvalue weighted by atomic mass is 10.1. The lowest BCUT2D eigenvalue weighted by Crippen LogP contribution is -2.34. The average Bonchev–Trinajstić information content (AvgIpc) is 2.48. The van der Waals surface area contributed by atoms with E-state index >= 15 is 0 Å². The molecule has 0 saturated carbocycles. The van der Waals surface area contributed by atoms with Gasteiger partial charge in [0, 0.05) is 5.56 Å². The van der Waals surface area contributed by atoms with E-state index in [9.17, 15) is 14.7 Å². The number of amides is 2. The topological polar surface area (TPSA) is 66.4 Å². The summed E-state index contributed by atoms with van der Waals surface area (Å²) in [6.45, 7) is 0. The minimum atomic E-state index is -1.35. The predicted molar refractivity (Wildman–Crippen MR) is 70.3 cm³/mol. The van der Waals surface area contributed by atoms with Crippen LogP contribution in [0.2, 0.25) is 0 Å². The highest BCUT2D eigenvalue weighted by Crippen LogP contribution is 2.12. The highest BCUT2D eigenvalue weighted by Gasteiger charge is 2.19. The number of carbonyl (C=O) groups is 2.